The van der Waals surface area contributed by atoms with Crippen molar-refractivity contribution >= 4 is 23.4 Å². The molecule has 0 radical (unpaired) electrons. The molecule has 172 valence electrons. The molecular weight excluding hydrogens is 454 g/mol. The van der Waals surface area contributed by atoms with Crippen molar-refractivity contribution in [3.63, 3.8) is 0 Å². The van der Waals surface area contributed by atoms with E-state index in [1.807, 2.05) is 43.3 Å². The van der Waals surface area contributed by atoms with Gasteiger partial charge in [-0.05, 0) is 53.9 Å². The Labute approximate surface area is 201 Å². The molecule has 0 saturated heterocycles. The molecule has 0 spiro atoms. The first-order valence-electron chi connectivity index (χ1n) is 10.5. The third kappa shape index (κ3) is 5.99. The number of hydrogen-bond donors (Lipinski definition) is 2. The molecule has 2 N–H and O–H groups in total. The Morgan fingerprint density at radius 1 is 0.941 bits per heavy atom. The van der Waals surface area contributed by atoms with Gasteiger partial charge in [-0.15, -0.1) is 5.10 Å². The first-order chi connectivity index (χ1) is 16.5. The summed E-state index contributed by atoms with van der Waals surface area (Å²) in [5.41, 5.74) is 8.09. The van der Waals surface area contributed by atoms with Gasteiger partial charge in [-0.25, -0.2) is 4.68 Å². The van der Waals surface area contributed by atoms with Crippen LogP contribution in [0, 0.1) is 6.92 Å². The molecule has 2 amide bonds. The highest BCUT2D eigenvalue weighted by Gasteiger charge is 2.13. The lowest BCUT2D eigenvalue weighted by atomic mass is 10.1. The molecule has 9 heteroatoms. The number of aryl methyl sites for hydroxylation is 1. The summed E-state index contributed by atoms with van der Waals surface area (Å²) >= 11 is 6.03. The highest BCUT2D eigenvalue weighted by molar-refractivity contribution is 6.31. The first-order valence-corrected chi connectivity index (χ1v) is 10.9. The van der Waals surface area contributed by atoms with E-state index in [0.717, 1.165) is 16.7 Å². The number of aromatic nitrogens is 3. The van der Waals surface area contributed by atoms with Gasteiger partial charge in [0.05, 0.1) is 12.7 Å². The number of carbonyl (C=O) groups is 2. The van der Waals surface area contributed by atoms with Crippen molar-refractivity contribution in [2.24, 2.45) is 0 Å². The van der Waals surface area contributed by atoms with Crippen LogP contribution in [0.2, 0.25) is 5.02 Å². The number of amides is 2. The highest BCUT2D eigenvalue weighted by atomic mass is 35.5. The van der Waals surface area contributed by atoms with Gasteiger partial charge in [0.15, 0.2) is 5.69 Å². The summed E-state index contributed by atoms with van der Waals surface area (Å²) in [7, 11) is 0. The number of hydrogen-bond acceptors (Lipinski definition) is 5. The van der Waals surface area contributed by atoms with Crippen molar-refractivity contribution in [3.8, 4) is 5.75 Å². The second-order valence-electron chi connectivity index (χ2n) is 7.59. The molecule has 1 aromatic heterocycles. The van der Waals surface area contributed by atoms with Crippen molar-refractivity contribution in [1.82, 2.24) is 25.8 Å². The summed E-state index contributed by atoms with van der Waals surface area (Å²) in [6, 6.07) is 22.0. The molecule has 0 bridgehead atoms. The van der Waals surface area contributed by atoms with Crippen LogP contribution in [0.3, 0.4) is 0 Å². The van der Waals surface area contributed by atoms with Crippen molar-refractivity contribution in [1.29, 1.82) is 0 Å². The van der Waals surface area contributed by atoms with Crippen LogP contribution in [0.15, 0.2) is 79.0 Å². The van der Waals surface area contributed by atoms with Crippen LogP contribution in [-0.2, 0) is 13.2 Å². The maximum Gasteiger partial charge on any atom is 0.291 e. The fourth-order valence-electron chi connectivity index (χ4n) is 3.13. The van der Waals surface area contributed by atoms with Crippen LogP contribution in [0.4, 0.5) is 0 Å². The monoisotopic (exact) mass is 475 g/mol. The molecule has 0 fully saturated rings. The Morgan fingerprint density at radius 2 is 1.68 bits per heavy atom. The minimum atomic E-state index is -0.559. The van der Waals surface area contributed by atoms with Gasteiger partial charge in [0, 0.05) is 10.6 Å². The van der Waals surface area contributed by atoms with E-state index in [1.165, 1.54) is 6.20 Å². The van der Waals surface area contributed by atoms with Gasteiger partial charge in [0.2, 0.25) is 0 Å². The minimum Gasteiger partial charge on any atom is -0.489 e. The zero-order valence-electron chi connectivity index (χ0n) is 18.4. The number of nitrogens with zero attached hydrogens (tertiary/aromatic N) is 3. The number of rotatable bonds is 7. The lowest BCUT2D eigenvalue weighted by Crippen LogP contribution is -2.41. The quantitative estimate of drug-likeness (QED) is 0.394. The molecule has 4 aromatic rings. The zero-order chi connectivity index (χ0) is 23.9. The van der Waals surface area contributed by atoms with Gasteiger partial charge in [-0.2, -0.15) is 0 Å². The van der Waals surface area contributed by atoms with Crippen LogP contribution in [0.5, 0.6) is 5.75 Å². The number of nitrogens with one attached hydrogen (secondary N) is 2. The predicted octanol–water partition coefficient (Wildman–Crippen LogP) is 3.94. The third-order valence-corrected chi connectivity index (χ3v) is 5.42. The van der Waals surface area contributed by atoms with E-state index >= 15 is 0 Å². The fraction of sp³-hybridized carbons (Fsp3) is 0.120. The second-order valence-corrected chi connectivity index (χ2v) is 8.00. The van der Waals surface area contributed by atoms with Gasteiger partial charge in [-0.1, -0.05) is 59.3 Å². The van der Waals surface area contributed by atoms with Crippen molar-refractivity contribution < 1.29 is 14.3 Å². The Balaban J connectivity index is 1.26. The van der Waals surface area contributed by atoms with Gasteiger partial charge in [0.1, 0.15) is 12.4 Å². The van der Waals surface area contributed by atoms with Crippen LogP contribution in [-0.4, -0.2) is 26.8 Å². The summed E-state index contributed by atoms with van der Waals surface area (Å²) in [6.07, 6.45) is 1.52. The van der Waals surface area contributed by atoms with Gasteiger partial charge in [0.25, 0.3) is 11.8 Å². The van der Waals surface area contributed by atoms with E-state index < -0.39 is 11.8 Å². The van der Waals surface area contributed by atoms with Crippen molar-refractivity contribution in [3.05, 3.63) is 112 Å². The Morgan fingerprint density at radius 3 is 2.41 bits per heavy atom. The number of carbonyl (C=O) groups excluding carboxylic acids is 2. The maximum atomic E-state index is 12.4. The van der Waals surface area contributed by atoms with E-state index in [-0.39, 0.29) is 5.69 Å². The molecule has 0 aliphatic heterocycles. The van der Waals surface area contributed by atoms with E-state index in [2.05, 4.69) is 21.2 Å². The maximum absolute atomic E-state index is 12.4. The molecule has 0 saturated carbocycles. The summed E-state index contributed by atoms with van der Waals surface area (Å²) in [5, 5.41) is 8.50. The smallest absolute Gasteiger partial charge is 0.291 e. The topological polar surface area (TPSA) is 98.1 Å². The van der Waals surface area contributed by atoms with Crippen molar-refractivity contribution in [2.75, 3.05) is 0 Å². The summed E-state index contributed by atoms with van der Waals surface area (Å²) < 4.78 is 7.32. The molecular formula is C25H22ClN5O3. The summed E-state index contributed by atoms with van der Waals surface area (Å²) in [4.78, 5) is 24.7. The molecule has 3 aromatic carbocycles. The largest absolute Gasteiger partial charge is 0.489 e. The average Bonchev–Trinajstić information content (AvgIpc) is 3.32. The van der Waals surface area contributed by atoms with E-state index in [9.17, 15) is 9.59 Å². The predicted molar refractivity (Wildman–Crippen MR) is 127 cm³/mol. The second kappa shape index (κ2) is 10.6. The van der Waals surface area contributed by atoms with Crippen molar-refractivity contribution in [2.45, 2.75) is 20.1 Å². The van der Waals surface area contributed by atoms with Crippen LogP contribution in [0.25, 0.3) is 0 Å². The van der Waals surface area contributed by atoms with E-state index in [0.29, 0.717) is 29.5 Å². The third-order valence-electron chi connectivity index (χ3n) is 5.00. The molecule has 0 atom stereocenters. The highest BCUT2D eigenvalue weighted by Crippen LogP contribution is 2.22. The average molecular weight is 476 g/mol. The number of ether oxygens (including phenoxy) is 1. The molecule has 0 unspecified atom stereocenters. The number of hydrazine groups is 1. The molecule has 8 nitrogen and oxygen atoms in total. The Hall–Kier alpha value is -4.17. The SMILES string of the molecule is Cc1cc(OCc2ccc(C(=O)NNC(=O)c3cn(Cc4ccccc4)nn3)cc2)ccc1Cl. The molecule has 0 aliphatic carbocycles. The fourth-order valence-corrected chi connectivity index (χ4v) is 3.24. The van der Waals surface area contributed by atoms with Gasteiger partial charge in [-0.3, -0.25) is 20.4 Å². The normalized spacial score (nSPS) is 10.5. The zero-order valence-corrected chi connectivity index (χ0v) is 19.1. The lowest BCUT2D eigenvalue weighted by Gasteiger charge is -2.09. The van der Waals surface area contributed by atoms with E-state index in [1.54, 1.807) is 41.1 Å². The van der Waals surface area contributed by atoms with Crippen LogP contribution in [0.1, 0.15) is 37.5 Å². The van der Waals surface area contributed by atoms with Gasteiger partial charge >= 0.3 is 0 Å². The van der Waals surface area contributed by atoms with Crippen LogP contribution < -0.4 is 15.6 Å². The molecule has 4 rings (SSSR count). The molecule has 1 heterocycles. The summed E-state index contributed by atoms with van der Waals surface area (Å²) in [6.45, 7) is 2.74. The minimum absolute atomic E-state index is 0.0983. The first kappa shape index (κ1) is 23.0. The number of benzene rings is 3. The molecule has 0 aliphatic rings. The number of halogens is 1. The Kier molecular flexibility index (Phi) is 7.19. The molecule has 34 heavy (non-hydrogen) atoms. The lowest BCUT2D eigenvalue weighted by molar-refractivity contribution is 0.0844. The summed E-state index contributed by atoms with van der Waals surface area (Å²) in [5.74, 6) is -0.297. The Bertz CT molecular complexity index is 1290. The standard InChI is InChI=1S/C25H22ClN5O3/c1-17-13-21(11-12-22(17)26)34-16-19-7-9-20(10-8-19)24(32)28-29-25(33)23-15-31(30-27-23)14-18-5-3-2-4-6-18/h2-13,15H,14,16H2,1H3,(H,28,32)(H,29,33). The van der Waals surface area contributed by atoms with Gasteiger partial charge < -0.3 is 4.74 Å². The van der Waals surface area contributed by atoms with Crippen LogP contribution >= 0.6 is 11.6 Å². The van der Waals surface area contributed by atoms with E-state index in [4.69, 9.17) is 16.3 Å².